The summed E-state index contributed by atoms with van der Waals surface area (Å²) in [6.07, 6.45) is 8.94. The monoisotopic (exact) mass is 282 g/mol. The molecule has 0 radical (unpaired) electrons. The molecule has 4 heteroatoms. The van der Waals surface area contributed by atoms with Crippen LogP contribution in [0.25, 0.3) is 0 Å². The maximum absolute atomic E-state index is 12.6. The van der Waals surface area contributed by atoms with Crippen LogP contribution in [0, 0.1) is 5.41 Å². The average molecular weight is 282 g/mol. The maximum atomic E-state index is 12.6. The summed E-state index contributed by atoms with van der Waals surface area (Å²) in [5.74, 6) is 0.152. The van der Waals surface area contributed by atoms with Crippen molar-refractivity contribution in [2.45, 2.75) is 70.3 Å². The Bertz CT molecular complexity index is 316. The van der Waals surface area contributed by atoms with Gasteiger partial charge in [0.2, 0.25) is 5.91 Å². The van der Waals surface area contributed by atoms with Gasteiger partial charge in [0.25, 0.3) is 0 Å². The standard InChI is InChI=1S/C16H30N2O2/c1-2-15(9-11-17-12-10-15)14(19)18-13-16(20)7-5-3-4-6-8-16/h17,20H,2-13H2,1H3,(H,18,19). The number of aliphatic hydroxyl groups is 1. The van der Waals surface area contributed by atoms with Crippen molar-refractivity contribution in [2.75, 3.05) is 19.6 Å². The minimum Gasteiger partial charge on any atom is -0.388 e. The summed E-state index contributed by atoms with van der Waals surface area (Å²) in [5, 5.41) is 17.0. The SMILES string of the molecule is CCC1(C(=O)NCC2(O)CCCCCC2)CCNCC1. The van der Waals surface area contributed by atoms with Crippen molar-refractivity contribution in [3.63, 3.8) is 0 Å². The first-order chi connectivity index (χ1) is 9.60. The van der Waals surface area contributed by atoms with Gasteiger partial charge in [-0.15, -0.1) is 0 Å². The molecular weight excluding hydrogens is 252 g/mol. The smallest absolute Gasteiger partial charge is 0.226 e. The van der Waals surface area contributed by atoms with E-state index in [-0.39, 0.29) is 11.3 Å². The van der Waals surface area contributed by atoms with Gasteiger partial charge in [-0.1, -0.05) is 32.6 Å². The molecule has 2 aliphatic rings. The minimum atomic E-state index is -0.673. The number of piperidine rings is 1. The van der Waals surface area contributed by atoms with E-state index in [0.717, 1.165) is 58.0 Å². The molecule has 1 aliphatic heterocycles. The van der Waals surface area contributed by atoms with Gasteiger partial charge in [0, 0.05) is 6.54 Å². The Morgan fingerprint density at radius 2 is 1.70 bits per heavy atom. The Kier molecular flexibility index (Phi) is 5.44. The van der Waals surface area contributed by atoms with Crippen molar-refractivity contribution in [3.8, 4) is 0 Å². The lowest BCUT2D eigenvalue weighted by Gasteiger charge is -2.37. The lowest BCUT2D eigenvalue weighted by molar-refractivity contribution is -0.134. The minimum absolute atomic E-state index is 0.152. The Balaban J connectivity index is 1.89. The van der Waals surface area contributed by atoms with E-state index in [4.69, 9.17) is 0 Å². The largest absolute Gasteiger partial charge is 0.388 e. The van der Waals surface area contributed by atoms with Gasteiger partial charge in [0.1, 0.15) is 0 Å². The Morgan fingerprint density at radius 3 is 2.25 bits per heavy atom. The molecule has 0 aromatic heterocycles. The third-order valence-electron chi connectivity index (χ3n) is 5.33. The molecule has 0 bridgehead atoms. The molecule has 0 spiro atoms. The zero-order valence-electron chi connectivity index (χ0n) is 12.8. The van der Waals surface area contributed by atoms with Crippen LogP contribution < -0.4 is 10.6 Å². The fourth-order valence-corrected chi connectivity index (χ4v) is 3.64. The van der Waals surface area contributed by atoms with Crippen molar-refractivity contribution in [1.29, 1.82) is 0 Å². The molecule has 0 unspecified atom stereocenters. The van der Waals surface area contributed by atoms with Gasteiger partial charge in [-0.2, -0.15) is 0 Å². The summed E-state index contributed by atoms with van der Waals surface area (Å²) in [6.45, 7) is 4.38. The third-order valence-corrected chi connectivity index (χ3v) is 5.33. The summed E-state index contributed by atoms with van der Waals surface area (Å²) in [7, 11) is 0. The van der Waals surface area contributed by atoms with Gasteiger partial charge in [0.05, 0.1) is 11.0 Å². The highest BCUT2D eigenvalue weighted by Crippen LogP contribution is 2.33. The number of carbonyl (C=O) groups is 1. The number of hydrogen-bond donors (Lipinski definition) is 3. The van der Waals surface area contributed by atoms with Crippen LogP contribution >= 0.6 is 0 Å². The zero-order valence-corrected chi connectivity index (χ0v) is 12.8. The van der Waals surface area contributed by atoms with Gasteiger partial charge >= 0.3 is 0 Å². The zero-order chi connectivity index (χ0) is 14.5. The van der Waals surface area contributed by atoms with E-state index in [9.17, 15) is 9.90 Å². The van der Waals surface area contributed by atoms with E-state index >= 15 is 0 Å². The molecule has 1 aliphatic carbocycles. The molecule has 0 aromatic carbocycles. The van der Waals surface area contributed by atoms with E-state index in [1.165, 1.54) is 12.8 Å². The predicted molar refractivity (Wildman–Crippen MR) is 80.5 cm³/mol. The van der Waals surface area contributed by atoms with E-state index < -0.39 is 5.60 Å². The van der Waals surface area contributed by atoms with Crippen LogP contribution in [0.15, 0.2) is 0 Å². The van der Waals surface area contributed by atoms with Gasteiger partial charge < -0.3 is 15.7 Å². The molecule has 1 heterocycles. The van der Waals surface area contributed by atoms with Crippen molar-refractivity contribution in [3.05, 3.63) is 0 Å². The van der Waals surface area contributed by atoms with Crippen LogP contribution in [0.1, 0.15) is 64.7 Å². The molecule has 4 nitrogen and oxygen atoms in total. The van der Waals surface area contributed by atoms with Crippen LogP contribution in [-0.2, 0) is 4.79 Å². The van der Waals surface area contributed by atoms with Gasteiger partial charge in [0.15, 0.2) is 0 Å². The molecule has 3 N–H and O–H groups in total. The number of hydrogen-bond acceptors (Lipinski definition) is 3. The van der Waals surface area contributed by atoms with Gasteiger partial charge in [-0.05, 0) is 45.2 Å². The van der Waals surface area contributed by atoms with Gasteiger partial charge in [-0.3, -0.25) is 4.79 Å². The number of nitrogens with one attached hydrogen (secondary N) is 2. The van der Waals surface area contributed by atoms with Crippen LogP contribution in [-0.4, -0.2) is 36.2 Å². The van der Waals surface area contributed by atoms with Crippen LogP contribution in [0.4, 0.5) is 0 Å². The summed E-state index contributed by atoms with van der Waals surface area (Å²) >= 11 is 0. The molecule has 1 saturated heterocycles. The predicted octanol–water partition coefficient (Wildman–Crippen LogP) is 1.97. The first kappa shape index (κ1) is 15.8. The molecule has 0 aromatic rings. The molecule has 116 valence electrons. The molecule has 2 fully saturated rings. The molecular formula is C16H30N2O2. The molecule has 1 saturated carbocycles. The van der Waals surface area contributed by atoms with Crippen LogP contribution in [0.5, 0.6) is 0 Å². The lowest BCUT2D eigenvalue weighted by atomic mass is 9.75. The number of rotatable bonds is 4. The van der Waals surface area contributed by atoms with Crippen molar-refractivity contribution in [2.24, 2.45) is 5.41 Å². The fraction of sp³-hybridized carbons (Fsp3) is 0.938. The topological polar surface area (TPSA) is 61.4 Å². The second kappa shape index (κ2) is 6.90. The van der Waals surface area contributed by atoms with Crippen molar-refractivity contribution in [1.82, 2.24) is 10.6 Å². The van der Waals surface area contributed by atoms with Crippen molar-refractivity contribution >= 4 is 5.91 Å². The number of carbonyl (C=O) groups excluding carboxylic acids is 1. The maximum Gasteiger partial charge on any atom is 0.226 e. The number of amides is 1. The Morgan fingerprint density at radius 1 is 1.10 bits per heavy atom. The summed E-state index contributed by atoms with van der Waals surface area (Å²) < 4.78 is 0. The average Bonchev–Trinajstić information content (AvgIpc) is 2.71. The Hall–Kier alpha value is -0.610. The van der Waals surface area contributed by atoms with E-state index in [1.54, 1.807) is 0 Å². The highest BCUT2D eigenvalue weighted by atomic mass is 16.3. The normalized spacial score (nSPS) is 25.7. The summed E-state index contributed by atoms with van der Waals surface area (Å²) in [5.41, 5.74) is -0.889. The lowest BCUT2D eigenvalue weighted by Crippen LogP contribution is -2.51. The molecule has 20 heavy (non-hydrogen) atoms. The van der Waals surface area contributed by atoms with Crippen LogP contribution in [0.3, 0.4) is 0 Å². The molecule has 1 amide bonds. The summed E-state index contributed by atoms with van der Waals surface area (Å²) in [4.78, 5) is 12.6. The third kappa shape index (κ3) is 3.73. The van der Waals surface area contributed by atoms with E-state index in [1.807, 2.05) is 0 Å². The summed E-state index contributed by atoms with van der Waals surface area (Å²) in [6, 6.07) is 0. The molecule has 2 rings (SSSR count). The van der Waals surface area contributed by atoms with Gasteiger partial charge in [-0.25, -0.2) is 0 Å². The van der Waals surface area contributed by atoms with Crippen LogP contribution in [0.2, 0.25) is 0 Å². The first-order valence-electron chi connectivity index (χ1n) is 8.32. The van der Waals surface area contributed by atoms with E-state index in [0.29, 0.717) is 6.54 Å². The molecule has 0 atom stereocenters. The highest BCUT2D eigenvalue weighted by Gasteiger charge is 2.39. The van der Waals surface area contributed by atoms with Crippen molar-refractivity contribution < 1.29 is 9.90 Å². The second-order valence-corrected chi connectivity index (χ2v) is 6.71. The van der Waals surface area contributed by atoms with E-state index in [2.05, 4.69) is 17.6 Å². The quantitative estimate of drug-likeness (QED) is 0.691. The highest BCUT2D eigenvalue weighted by molar-refractivity contribution is 5.82. The Labute approximate surface area is 122 Å². The first-order valence-corrected chi connectivity index (χ1v) is 8.32. The second-order valence-electron chi connectivity index (χ2n) is 6.71. The fourth-order valence-electron chi connectivity index (χ4n) is 3.64.